The maximum atomic E-state index is 6.48. The van der Waals surface area contributed by atoms with Gasteiger partial charge in [0.25, 0.3) is 0 Å². The number of anilines is 1. The Morgan fingerprint density at radius 3 is 2.72 bits per heavy atom. The highest BCUT2D eigenvalue weighted by Crippen LogP contribution is 2.31. The molecule has 2 atom stereocenters. The highest BCUT2D eigenvalue weighted by atomic mass is 15.2. The standard InChI is InChI=1S/C16H26N2/c1-3-4-8-14-13-18(12-11-16(14,2)17)15-9-6-5-7-10-15/h5-7,9-10,14H,3-4,8,11-13,17H2,1-2H3/t14-,16+/m0/s1. The first-order valence-corrected chi connectivity index (χ1v) is 7.22. The third-order valence-electron chi connectivity index (χ3n) is 4.32. The number of hydrogen-bond donors (Lipinski definition) is 1. The maximum Gasteiger partial charge on any atom is 0.0366 e. The van der Waals surface area contributed by atoms with E-state index in [4.69, 9.17) is 5.73 Å². The van der Waals surface area contributed by atoms with Gasteiger partial charge in [0.15, 0.2) is 0 Å². The Balaban J connectivity index is 2.05. The summed E-state index contributed by atoms with van der Waals surface area (Å²) < 4.78 is 0. The van der Waals surface area contributed by atoms with Crippen molar-refractivity contribution in [1.29, 1.82) is 0 Å². The third-order valence-corrected chi connectivity index (χ3v) is 4.32. The van der Waals surface area contributed by atoms with E-state index in [9.17, 15) is 0 Å². The first kappa shape index (κ1) is 13.4. The summed E-state index contributed by atoms with van der Waals surface area (Å²) in [5, 5.41) is 0. The van der Waals surface area contributed by atoms with Crippen LogP contribution in [0.15, 0.2) is 30.3 Å². The van der Waals surface area contributed by atoms with Crippen molar-refractivity contribution in [1.82, 2.24) is 0 Å². The Bertz CT molecular complexity index is 359. The average molecular weight is 246 g/mol. The SMILES string of the molecule is CCCC[C@H]1CN(c2ccccc2)CC[C@@]1(C)N. The second-order valence-corrected chi connectivity index (χ2v) is 5.88. The van der Waals surface area contributed by atoms with Crippen molar-refractivity contribution in [3.8, 4) is 0 Å². The topological polar surface area (TPSA) is 29.3 Å². The molecule has 0 saturated carbocycles. The molecule has 1 aromatic rings. The van der Waals surface area contributed by atoms with Gasteiger partial charge in [-0.15, -0.1) is 0 Å². The fourth-order valence-corrected chi connectivity index (χ4v) is 2.89. The summed E-state index contributed by atoms with van der Waals surface area (Å²) >= 11 is 0. The van der Waals surface area contributed by atoms with Gasteiger partial charge in [0.2, 0.25) is 0 Å². The molecule has 0 aromatic heterocycles. The van der Waals surface area contributed by atoms with Crippen LogP contribution >= 0.6 is 0 Å². The van der Waals surface area contributed by atoms with Gasteiger partial charge >= 0.3 is 0 Å². The predicted molar refractivity (Wildman–Crippen MR) is 78.9 cm³/mol. The Kier molecular flexibility index (Phi) is 4.28. The number of para-hydroxylation sites is 1. The van der Waals surface area contributed by atoms with Gasteiger partial charge in [-0.25, -0.2) is 0 Å². The molecule has 100 valence electrons. The number of rotatable bonds is 4. The van der Waals surface area contributed by atoms with Crippen LogP contribution in [0.3, 0.4) is 0 Å². The third kappa shape index (κ3) is 3.05. The Morgan fingerprint density at radius 1 is 1.33 bits per heavy atom. The molecule has 1 aliphatic heterocycles. The average Bonchev–Trinajstić information content (AvgIpc) is 2.38. The lowest BCUT2D eigenvalue weighted by atomic mass is 9.77. The molecule has 2 rings (SSSR count). The van der Waals surface area contributed by atoms with Crippen LogP contribution < -0.4 is 10.6 Å². The quantitative estimate of drug-likeness (QED) is 0.882. The summed E-state index contributed by atoms with van der Waals surface area (Å²) in [6.07, 6.45) is 4.90. The second-order valence-electron chi connectivity index (χ2n) is 5.88. The molecule has 2 N–H and O–H groups in total. The van der Waals surface area contributed by atoms with E-state index in [-0.39, 0.29) is 5.54 Å². The zero-order chi connectivity index (χ0) is 13.0. The summed E-state index contributed by atoms with van der Waals surface area (Å²) in [5.74, 6) is 0.617. The lowest BCUT2D eigenvalue weighted by Gasteiger charge is -2.45. The van der Waals surface area contributed by atoms with Gasteiger partial charge in [-0.1, -0.05) is 38.0 Å². The van der Waals surface area contributed by atoms with Crippen LogP contribution in [0.4, 0.5) is 5.69 Å². The number of benzene rings is 1. The Hall–Kier alpha value is -1.02. The molecule has 0 spiro atoms. The van der Waals surface area contributed by atoms with Crippen LogP contribution in [0.2, 0.25) is 0 Å². The highest BCUT2D eigenvalue weighted by Gasteiger charge is 2.35. The fraction of sp³-hybridized carbons (Fsp3) is 0.625. The Morgan fingerprint density at radius 2 is 2.06 bits per heavy atom. The van der Waals surface area contributed by atoms with Crippen LogP contribution in [0.5, 0.6) is 0 Å². The highest BCUT2D eigenvalue weighted by molar-refractivity contribution is 5.46. The number of piperidine rings is 1. The predicted octanol–water partition coefficient (Wildman–Crippen LogP) is 3.42. The lowest BCUT2D eigenvalue weighted by Crippen LogP contribution is -2.55. The molecule has 0 bridgehead atoms. The smallest absolute Gasteiger partial charge is 0.0366 e. The van der Waals surface area contributed by atoms with Crippen molar-refractivity contribution in [2.75, 3.05) is 18.0 Å². The molecule has 0 unspecified atom stereocenters. The van der Waals surface area contributed by atoms with Crippen LogP contribution in [-0.2, 0) is 0 Å². The van der Waals surface area contributed by atoms with E-state index in [0.717, 1.165) is 19.5 Å². The van der Waals surface area contributed by atoms with E-state index in [1.165, 1.54) is 24.9 Å². The minimum Gasteiger partial charge on any atom is -0.371 e. The molecule has 2 heteroatoms. The summed E-state index contributed by atoms with van der Waals surface area (Å²) in [7, 11) is 0. The molecule has 1 fully saturated rings. The number of unbranched alkanes of at least 4 members (excludes halogenated alkanes) is 1. The van der Waals surface area contributed by atoms with Gasteiger partial charge in [-0.05, 0) is 37.8 Å². The molecule has 0 radical (unpaired) electrons. The number of nitrogens with zero attached hydrogens (tertiary/aromatic N) is 1. The van der Waals surface area contributed by atoms with Gasteiger partial charge in [-0.2, -0.15) is 0 Å². The van der Waals surface area contributed by atoms with Crippen molar-refractivity contribution >= 4 is 5.69 Å². The number of nitrogens with two attached hydrogens (primary N) is 1. The monoisotopic (exact) mass is 246 g/mol. The molecule has 1 aromatic carbocycles. The molecule has 1 saturated heterocycles. The van der Waals surface area contributed by atoms with Crippen molar-refractivity contribution in [2.24, 2.45) is 11.7 Å². The van der Waals surface area contributed by atoms with E-state index in [1.54, 1.807) is 0 Å². The van der Waals surface area contributed by atoms with Crippen LogP contribution in [0.1, 0.15) is 39.5 Å². The summed E-state index contributed by atoms with van der Waals surface area (Å²) in [6.45, 7) is 6.68. The molecule has 0 amide bonds. The van der Waals surface area contributed by atoms with E-state index in [1.807, 2.05) is 0 Å². The van der Waals surface area contributed by atoms with Crippen molar-refractivity contribution < 1.29 is 0 Å². The van der Waals surface area contributed by atoms with E-state index in [0.29, 0.717) is 5.92 Å². The normalized spacial score (nSPS) is 28.4. The van der Waals surface area contributed by atoms with Crippen molar-refractivity contribution in [3.05, 3.63) is 30.3 Å². The van der Waals surface area contributed by atoms with Crippen molar-refractivity contribution in [3.63, 3.8) is 0 Å². The summed E-state index contributed by atoms with van der Waals surface area (Å²) in [6, 6.07) is 10.7. The van der Waals surface area contributed by atoms with Crippen LogP contribution in [-0.4, -0.2) is 18.6 Å². The molecule has 1 aliphatic rings. The minimum atomic E-state index is 0.0143. The molecular weight excluding hydrogens is 220 g/mol. The van der Waals surface area contributed by atoms with Gasteiger partial charge < -0.3 is 10.6 Å². The van der Waals surface area contributed by atoms with Crippen LogP contribution in [0.25, 0.3) is 0 Å². The summed E-state index contributed by atoms with van der Waals surface area (Å²) in [4.78, 5) is 2.49. The van der Waals surface area contributed by atoms with Gasteiger partial charge in [0, 0.05) is 24.3 Å². The van der Waals surface area contributed by atoms with Crippen molar-refractivity contribution in [2.45, 2.75) is 45.1 Å². The first-order chi connectivity index (χ1) is 8.63. The van der Waals surface area contributed by atoms with Gasteiger partial charge in [0.05, 0.1) is 0 Å². The van der Waals surface area contributed by atoms with Gasteiger partial charge in [-0.3, -0.25) is 0 Å². The second kappa shape index (κ2) is 5.75. The lowest BCUT2D eigenvalue weighted by molar-refractivity contribution is 0.229. The van der Waals surface area contributed by atoms with E-state index < -0.39 is 0 Å². The zero-order valence-electron chi connectivity index (χ0n) is 11.7. The van der Waals surface area contributed by atoms with E-state index in [2.05, 4.69) is 49.1 Å². The van der Waals surface area contributed by atoms with Gasteiger partial charge in [0.1, 0.15) is 0 Å². The fourth-order valence-electron chi connectivity index (χ4n) is 2.89. The van der Waals surface area contributed by atoms with E-state index >= 15 is 0 Å². The molecule has 0 aliphatic carbocycles. The largest absolute Gasteiger partial charge is 0.371 e. The maximum absolute atomic E-state index is 6.48. The zero-order valence-corrected chi connectivity index (χ0v) is 11.7. The first-order valence-electron chi connectivity index (χ1n) is 7.22. The number of hydrogen-bond acceptors (Lipinski definition) is 2. The minimum absolute atomic E-state index is 0.0143. The molecule has 1 heterocycles. The Labute approximate surface area is 111 Å². The summed E-state index contributed by atoms with van der Waals surface area (Å²) in [5.41, 5.74) is 7.83. The van der Waals surface area contributed by atoms with Crippen LogP contribution in [0, 0.1) is 5.92 Å². The molecule has 2 nitrogen and oxygen atoms in total. The molecular formula is C16H26N2. The molecule has 18 heavy (non-hydrogen) atoms.